The number of ketones is 2. The number of benzene rings is 1. The normalized spacial score (nSPS) is 12.0. The molecule has 6 nitrogen and oxygen atoms in total. The van der Waals surface area contributed by atoms with Gasteiger partial charge in [0, 0.05) is 17.3 Å². The lowest BCUT2D eigenvalue weighted by molar-refractivity contribution is -0.140. The summed E-state index contributed by atoms with van der Waals surface area (Å²) in [6.07, 6.45) is 1.88. The van der Waals surface area contributed by atoms with Gasteiger partial charge in [-0.2, -0.15) is 0 Å². The minimum absolute atomic E-state index is 0.118. The first kappa shape index (κ1) is 20.2. The van der Waals surface area contributed by atoms with Crippen LogP contribution < -0.4 is 4.74 Å². The number of aromatic amines is 1. The Kier molecular flexibility index (Phi) is 6.34. The number of nitrogens with one attached hydrogen (secondary N) is 1. The summed E-state index contributed by atoms with van der Waals surface area (Å²) in [5.74, 6) is -0.406. The van der Waals surface area contributed by atoms with Gasteiger partial charge in [-0.1, -0.05) is 12.1 Å². The molecule has 2 rings (SSSR count). The minimum atomic E-state index is -0.977. The van der Waals surface area contributed by atoms with Crippen molar-refractivity contribution in [2.45, 2.75) is 33.8 Å². The zero-order chi connectivity index (χ0) is 20.1. The Bertz CT molecular complexity index is 890. The maximum Gasteiger partial charge on any atom is 0.331 e. The molecule has 0 aliphatic rings. The molecule has 1 heterocycles. The van der Waals surface area contributed by atoms with Crippen LogP contribution in [0, 0.1) is 13.8 Å². The van der Waals surface area contributed by atoms with Crippen molar-refractivity contribution in [2.75, 3.05) is 7.11 Å². The Morgan fingerprint density at radius 1 is 1.11 bits per heavy atom. The summed E-state index contributed by atoms with van der Waals surface area (Å²) < 4.78 is 10.3. The maximum atomic E-state index is 12.6. The second-order valence-electron chi connectivity index (χ2n) is 6.23. The van der Waals surface area contributed by atoms with Crippen molar-refractivity contribution in [1.82, 2.24) is 4.98 Å². The molecule has 6 heteroatoms. The highest BCUT2D eigenvalue weighted by Crippen LogP contribution is 2.20. The largest absolute Gasteiger partial charge is 0.497 e. The number of hydrogen-bond donors (Lipinski definition) is 1. The van der Waals surface area contributed by atoms with Crippen LogP contribution in [0.4, 0.5) is 0 Å². The lowest BCUT2D eigenvalue weighted by Crippen LogP contribution is -2.24. The molecule has 0 amide bonds. The van der Waals surface area contributed by atoms with Gasteiger partial charge in [0.1, 0.15) is 5.75 Å². The molecule has 27 heavy (non-hydrogen) atoms. The lowest BCUT2D eigenvalue weighted by atomic mass is 10.0. The van der Waals surface area contributed by atoms with Crippen LogP contribution in [-0.4, -0.2) is 35.7 Å². The number of rotatable bonds is 7. The summed E-state index contributed by atoms with van der Waals surface area (Å²) in [4.78, 5) is 39.2. The minimum Gasteiger partial charge on any atom is -0.497 e. The number of ether oxygens (including phenoxy) is 2. The van der Waals surface area contributed by atoms with Gasteiger partial charge >= 0.3 is 5.97 Å². The van der Waals surface area contributed by atoms with E-state index in [0.29, 0.717) is 16.8 Å². The topological polar surface area (TPSA) is 85.5 Å². The number of methoxy groups -OCH3 is 1. The molecule has 1 aromatic carbocycles. The SMILES string of the molecule is COc1ccc(/C=C/C(=O)OC(C)C(=O)c2[nH]c(C)c(C(C)=O)c2C)cc1. The van der Waals surface area contributed by atoms with E-state index in [9.17, 15) is 14.4 Å². The number of aryl methyl sites for hydroxylation is 1. The van der Waals surface area contributed by atoms with Crippen molar-refractivity contribution in [3.8, 4) is 5.75 Å². The predicted octanol–water partition coefficient (Wildman–Crippen LogP) is 3.67. The molecule has 1 aromatic heterocycles. The molecule has 1 atom stereocenters. The highest BCUT2D eigenvalue weighted by atomic mass is 16.5. The summed E-state index contributed by atoms with van der Waals surface area (Å²) in [6, 6.07) is 7.15. The Hall–Kier alpha value is -3.15. The fraction of sp³-hybridized carbons (Fsp3) is 0.286. The average Bonchev–Trinajstić information content (AvgIpc) is 2.94. The first-order valence-electron chi connectivity index (χ1n) is 8.51. The van der Waals surface area contributed by atoms with Crippen LogP contribution >= 0.6 is 0 Å². The molecule has 0 saturated carbocycles. The summed E-state index contributed by atoms with van der Waals surface area (Å²) in [5, 5.41) is 0. The number of H-pyrrole nitrogens is 1. The van der Waals surface area contributed by atoms with E-state index in [2.05, 4.69) is 4.98 Å². The van der Waals surface area contributed by atoms with Gasteiger partial charge in [0.05, 0.1) is 12.8 Å². The number of hydrogen-bond acceptors (Lipinski definition) is 5. The highest BCUT2D eigenvalue weighted by Gasteiger charge is 2.25. The van der Waals surface area contributed by atoms with E-state index in [0.717, 1.165) is 11.3 Å². The van der Waals surface area contributed by atoms with Crippen molar-refractivity contribution >= 4 is 23.6 Å². The van der Waals surface area contributed by atoms with E-state index in [1.165, 1.54) is 19.9 Å². The van der Waals surface area contributed by atoms with Crippen LogP contribution in [0.5, 0.6) is 5.75 Å². The van der Waals surface area contributed by atoms with Gasteiger partial charge in [0.15, 0.2) is 11.9 Å². The third kappa shape index (κ3) is 4.73. The van der Waals surface area contributed by atoms with Crippen molar-refractivity contribution < 1.29 is 23.9 Å². The van der Waals surface area contributed by atoms with Crippen LogP contribution in [-0.2, 0) is 9.53 Å². The van der Waals surface area contributed by atoms with E-state index >= 15 is 0 Å². The fourth-order valence-electron chi connectivity index (χ4n) is 2.87. The van der Waals surface area contributed by atoms with E-state index in [4.69, 9.17) is 9.47 Å². The van der Waals surface area contributed by atoms with Crippen molar-refractivity contribution in [3.63, 3.8) is 0 Å². The zero-order valence-corrected chi connectivity index (χ0v) is 16.1. The standard InChI is InChI=1S/C21H23NO5/c1-12-19(14(3)23)13(2)22-20(12)21(25)15(4)27-18(24)11-8-16-6-9-17(26-5)10-7-16/h6-11,15,22H,1-5H3/b11-8+. The van der Waals surface area contributed by atoms with Crippen molar-refractivity contribution in [2.24, 2.45) is 0 Å². The predicted molar refractivity (Wildman–Crippen MR) is 102 cm³/mol. The Morgan fingerprint density at radius 3 is 2.26 bits per heavy atom. The molecule has 1 unspecified atom stereocenters. The second-order valence-corrected chi connectivity index (χ2v) is 6.23. The van der Waals surface area contributed by atoms with Gasteiger partial charge in [0.2, 0.25) is 5.78 Å². The molecule has 2 aromatic rings. The first-order chi connectivity index (χ1) is 12.7. The van der Waals surface area contributed by atoms with Gasteiger partial charge in [-0.3, -0.25) is 9.59 Å². The van der Waals surface area contributed by atoms with E-state index in [1.807, 2.05) is 0 Å². The van der Waals surface area contributed by atoms with Crippen LogP contribution in [0.15, 0.2) is 30.3 Å². The molecule has 142 valence electrons. The highest BCUT2D eigenvalue weighted by molar-refractivity contribution is 6.05. The average molecular weight is 369 g/mol. The maximum absolute atomic E-state index is 12.6. The molecule has 0 aliphatic carbocycles. The Balaban J connectivity index is 2.05. The summed E-state index contributed by atoms with van der Waals surface area (Å²) in [5.41, 5.74) is 2.78. The molecule has 1 N–H and O–H groups in total. The summed E-state index contributed by atoms with van der Waals surface area (Å²) >= 11 is 0. The van der Waals surface area contributed by atoms with Crippen LogP contribution in [0.3, 0.4) is 0 Å². The molecular weight excluding hydrogens is 346 g/mol. The van der Waals surface area contributed by atoms with Gasteiger partial charge < -0.3 is 14.5 Å². The zero-order valence-electron chi connectivity index (χ0n) is 16.1. The number of carbonyl (C=O) groups excluding carboxylic acids is 3. The molecule has 0 fully saturated rings. The Morgan fingerprint density at radius 2 is 1.74 bits per heavy atom. The van der Waals surface area contributed by atoms with Crippen molar-refractivity contribution in [1.29, 1.82) is 0 Å². The van der Waals surface area contributed by atoms with Gasteiger partial charge in [-0.15, -0.1) is 0 Å². The first-order valence-corrected chi connectivity index (χ1v) is 8.51. The number of aromatic nitrogens is 1. The third-order valence-electron chi connectivity index (χ3n) is 4.23. The second kappa shape index (κ2) is 8.49. The summed E-state index contributed by atoms with van der Waals surface area (Å²) in [7, 11) is 1.58. The number of esters is 1. The molecule has 0 radical (unpaired) electrons. The van der Waals surface area contributed by atoms with Gasteiger partial charge in [-0.05, 0) is 57.0 Å². The van der Waals surface area contributed by atoms with Crippen molar-refractivity contribution in [3.05, 3.63) is 58.4 Å². The lowest BCUT2D eigenvalue weighted by Gasteiger charge is -2.10. The monoisotopic (exact) mass is 369 g/mol. The van der Waals surface area contributed by atoms with Crippen LogP contribution in [0.25, 0.3) is 6.08 Å². The van der Waals surface area contributed by atoms with Crippen LogP contribution in [0.1, 0.15) is 51.5 Å². The number of Topliss-reactive ketones (excluding diaryl/α,β-unsaturated/α-hetero) is 2. The van der Waals surface area contributed by atoms with E-state index < -0.39 is 12.1 Å². The Labute approximate surface area is 158 Å². The number of carbonyl (C=O) groups is 3. The van der Waals surface area contributed by atoms with Crippen LogP contribution in [0.2, 0.25) is 0 Å². The fourth-order valence-corrected chi connectivity index (χ4v) is 2.87. The van der Waals surface area contributed by atoms with E-state index in [1.54, 1.807) is 51.3 Å². The molecule has 0 spiro atoms. The van der Waals surface area contributed by atoms with E-state index in [-0.39, 0.29) is 17.3 Å². The molecule has 0 bridgehead atoms. The smallest absolute Gasteiger partial charge is 0.331 e. The quantitative estimate of drug-likeness (QED) is 0.457. The molecule has 0 aliphatic heterocycles. The molecule has 0 saturated heterocycles. The van der Waals surface area contributed by atoms with Gasteiger partial charge in [-0.25, -0.2) is 4.79 Å². The van der Waals surface area contributed by atoms with Gasteiger partial charge in [0.25, 0.3) is 0 Å². The third-order valence-corrected chi connectivity index (χ3v) is 4.23. The summed E-state index contributed by atoms with van der Waals surface area (Å²) in [6.45, 7) is 6.38. The molecular formula is C21H23NO5.